The standard InChI is InChI=1S/C53H57ClN2/c1-10-17-37-21-14-22-38(18-11-2)47(37)43-29-32(5)27-34(7)50(43)55-52-42-26-16-25-41-31-45(54)36(9)46(49(41)42)53(52)56-51-35(8)28-33(6)30-44(51)48-39(19-12-3)23-15-24-40(48)20-13-4/h14-16,21-31H,10-13,17-20H2,1-9H3. The van der Waals surface area contributed by atoms with Crippen molar-refractivity contribution >= 4 is 45.2 Å². The van der Waals surface area contributed by atoms with Crippen molar-refractivity contribution < 1.29 is 0 Å². The second-order valence-electron chi connectivity index (χ2n) is 16.0. The molecule has 0 saturated carbocycles. The molecule has 2 nitrogen and oxygen atoms in total. The monoisotopic (exact) mass is 756 g/mol. The van der Waals surface area contributed by atoms with Gasteiger partial charge >= 0.3 is 0 Å². The molecule has 6 aromatic rings. The highest BCUT2D eigenvalue weighted by Gasteiger charge is 2.32. The van der Waals surface area contributed by atoms with E-state index in [9.17, 15) is 0 Å². The Hall–Kier alpha value is -4.79. The molecule has 0 amide bonds. The van der Waals surface area contributed by atoms with Crippen molar-refractivity contribution in [2.24, 2.45) is 9.98 Å². The van der Waals surface area contributed by atoms with Crippen molar-refractivity contribution in [1.82, 2.24) is 0 Å². The molecule has 0 fully saturated rings. The fourth-order valence-corrected chi connectivity index (χ4v) is 9.43. The van der Waals surface area contributed by atoms with Gasteiger partial charge in [0.2, 0.25) is 0 Å². The first-order valence-electron chi connectivity index (χ1n) is 20.9. The van der Waals surface area contributed by atoms with Gasteiger partial charge in [0, 0.05) is 32.7 Å². The van der Waals surface area contributed by atoms with Crippen LogP contribution >= 0.6 is 11.6 Å². The Balaban J connectivity index is 1.59. The van der Waals surface area contributed by atoms with E-state index in [2.05, 4.69) is 147 Å². The molecule has 0 bridgehead atoms. The highest BCUT2D eigenvalue weighted by molar-refractivity contribution is 6.62. The molecular weight excluding hydrogens is 700 g/mol. The molecule has 1 aliphatic rings. The first-order valence-corrected chi connectivity index (χ1v) is 21.3. The Morgan fingerprint density at radius 2 is 0.893 bits per heavy atom. The van der Waals surface area contributed by atoms with Crippen LogP contribution < -0.4 is 0 Å². The molecule has 0 aromatic heterocycles. The molecule has 1 aliphatic carbocycles. The Labute approximate surface area is 340 Å². The highest BCUT2D eigenvalue weighted by Crippen LogP contribution is 2.45. The summed E-state index contributed by atoms with van der Waals surface area (Å²) in [5.74, 6) is 0. The molecule has 6 aromatic carbocycles. The van der Waals surface area contributed by atoms with Gasteiger partial charge in [-0.1, -0.05) is 143 Å². The second-order valence-corrected chi connectivity index (χ2v) is 16.4. The summed E-state index contributed by atoms with van der Waals surface area (Å²) in [6.07, 6.45) is 8.45. The van der Waals surface area contributed by atoms with Gasteiger partial charge in [-0.3, -0.25) is 0 Å². The van der Waals surface area contributed by atoms with Crippen molar-refractivity contribution in [3.63, 3.8) is 0 Å². The van der Waals surface area contributed by atoms with Crippen molar-refractivity contribution in [3.05, 3.63) is 151 Å². The fourth-order valence-electron chi connectivity index (χ4n) is 9.21. The molecule has 0 unspecified atom stereocenters. The van der Waals surface area contributed by atoms with Gasteiger partial charge < -0.3 is 0 Å². The minimum atomic E-state index is 0.753. The quantitative estimate of drug-likeness (QED) is 0.119. The second kappa shape index (κ2) is 16.7. The van der Waals surface area contributed by atoms with Crippen LogP contribution in [-0.4, -0.2) is 11.4 Å². The zero-order valence-electron chi connectivity index (χ0n) is 35.0. The van der Waals surface area contributed by atoms with Crippen LogP contribution in [0.3, 0.4) is 0 Å². The Bertz CT molecular complexity index is 2480. The molecule has 0 radical (unpaired) electrons. The third-order valence-electron chi connectivity index (χ3n) is 11.5. The topological polar surface area (TPSA) is 24.7 Å². The lowest BCUT2D eigenvalue weighted by atomic mass is 9.87. The summed E-state index contributed by atoms with van der Waals surface area (Å²) in [5, 5.41) is 3.05. The van der Waals surface area contributed by atoms with E-state index >= 15 is 0 Å². The van der Waals surface area contributed by atoms with E-state index in [1.54, 1.807) is 0 Å². The lowest BCUT2D eigenvalue weighted by Gasteiger charge is -2.20. The maximum absolute atomic E-state index is 7.11. The fraction of sp³-hybridized carbons (Fsp3) is 0.321. The van der Waals surface area contributed by atoms with E-state index in [0.29, 0.717) is 0 Å². The van der Waals surface area contributed by atoms with Gasteiger partial charge in [0.1, 0.15) is 0 Å². The number of benzene rings is 6. The summed E-state index contributed by atoms with van der Waals surface area (Å²) in [6, 6.07) is 31.7. The lowest BCUT2D eigenvalue weighted by Crippen LogP contribution is -2.12. The largest absolute Gasteiger partial charge is 0.245 e. The van der Waals surface area contributed by atoms with Gasteiger partial charge in [0.15, 0.2) is 0 Å². The summed E-state index contributed by atoms with van der Waals surface area (Å²) in [7, 11) is 0. The van der Waals surface area contributed by atoms with Crippen LogP contribution in [0.15, 0.2) is 94.9 Å². The average molecular weight is 758 g/mol. The zero-order valence-corrected chi connectivity index (χ0v) is 35.8. The van der Waals surface area contributed by atoms with Gasteiger partial charge in [-0.2, -0.15) is 0 Å². The van der Waals surface area contributed by atoms with Crippen molar-refractivity contribution in [1.29, 1.82) is 0 Å². The molecule has 3 heteroatoms. The van der Waals surface area contributed by atoms with Crippen LogP contribution in [0.2, 0.25) is 5.02 Å². The number of hydrogen-bond acceptors (Lipinski definition) is 2. The maximum atomic E-state index is 7.11. The summed E-state index contributed by atoms with van der Waals surface area (Å²) in [6.45, 7) is 20.1. The van der Waals surface area contributed by atoms with Crippen LogP contribution in [0.1, 0.15) is 115 Å². The molecule has 286 valence electrons. The van der Waals surface area contributed by atoms with Crippen LogP contribution in [0, 0.1) is 34.6 Å². The van der Waals surface area contributed by atoms with Crippen LogP contribution in [0.4, 0.5) is 11.4 Å². The number of aryl methyl sites for hydroxylation is 8. The molecule has 0 spiro atoms. The zero-order chi connectivity index (χ0) is 39.7. The third kappa shape index (κ3) is 7.30. The Kier molecular flexibility index (Phi) is 11.8. The van der Waals surface area contributed by atoms with Crippen LogP contribution in [-0.2, 0) is 25.7 Å². The number of halogens is 1. The number of rotatable bonds is 12. The SMILES string of the molecule is CCCc1cccc(CCC)c1-c1cc(C)cc(C)c1N=C1C(=Nc2c(C)cc(C)cc2-c2c(CCC)cccc2CCC)c2c(C)c(Cl)cc3cccc1c23. The third-order valence-corrected chi connectivity index (χ3v) is 11.9. The number of nitrogens with zero attached hydrogens (tertiary/aromatic N) is 2. The highest BCUT2D eigenvalue weighted by atomic mass is 35.5. The summed E-state index contributed by atoms with van der Waals surface area (Å²) in [4.78, 5) is 11.7. The summed E-state index contributed by atoms with van der Waals surface area (Å²) in [5.41, 5.74) is 22.6. The first kappa shape index (κ1) is 39.4. The number of hydrogen-bond donors (Lipinski definition) is 0. The van der Waals surface area contributed by atoms with Gasteiger partial charge in [0.25, 0.3) is 0 Å². The van der Waals surface area contributed by atoms with E-state index in [-0.39, 0.29) is 0 Å². The van der Waals surface area contributed by atoms with Crippen LogP contribution in [0.5, 0.6) is 0 Å². The van der Waals surface area contributed by atoms with Crippen molar-refractivity contribution in [2.75, 3.05) is 0 Å². The van der Waals surface area contributed by atoms with E-state index in [4.69, 9.17) is 21.6 Å². The molecule has 0 N–H and O–H groups in total. The molecule has 0 aliphatic heterocycles. The lowest BCUT2D eigenvalue weighted by molar-refractivity contribution is 0.898. The molecule has 0 heterocycles. The minimum absolute atomic E-state index is 0.753. The Morgan fingerprint density at radius 3 is 1.34 bits per heavy atom. The minimum Gasteiger partial charge on any atom is -0.245 e. The predicted octanol–water partition coefficient (Wildman–Crippen LogP) is 15.4. The molecule has 7 rings (SSSR count). The Morgan fingerprint density at radius 1 is 0.464 bits per heavy atom. The van der Waals surface area contributed by atoms with Gasteiger partial charge in [-0.15, -0.1) is 0 Å². The van der Waals surface area contributed by atoms with Crippen molar-refractivity contribution in [2.45, 2.75) is 114 Å². The first-order chi connectivity index (χ1) is 27.1. The summed E-state index contributed by atoms with van der Waals surface area (Å²) < 4.78 is 0. The van der Waals surface area contributed by atoms with Gasteiger partial charge in [0.05, 0.1) is 22.8 Å². The van der Waals surface area contributed by atoms with Crippen molar-refractivity contribution in [3.8, 4) is 22.3 Å². The number of aliphatic imine (C=N–C) groups is 2. The summed E-state index contributed by atoms with van der Waals surface area (Å²) >= 11 is 7.11. The van der Waals surface area contributed by atoms with Gasteiger partial charge in [-0.05, 0) is 134 Å². The molecule has 0 atom stereocenters. The van der Waals surface area contributed by atoms with Gasteiger partial charge in [-0.25, -0.2) is 9.98 Å². The van der Waals surface area contributed by atoms with E-state index < -0.39 is 0 Å². The van der Waals surface area contributed by atoms with E-state index in [0.717, 1.165) is 107 Å². The normalized spacial score (nSPS) is 13.8. The molecule has 56 heavy (non-hydrogen) atoms. The smallest absolute Gasteiger partial charge is 0.0982 e. The molecule has 0 saturated heterocycles. The van der Waals surface area contributed by atoms with E-state index in [1.807, 2.05) is 0 Å². The average Bonchev–Trinajstić information content (AvgIpc) is 3.47. The molecular formula is C53H57ClN2. The van der Waals surface area contributed by atoms with Crippen LogP contribution in [0.25, 0.3) is 33.0 Å². The maximum Gasteiger partial charge on any atom is 0.0982 e. The van der Waals surface area contributed by atoms with E-state index in [1.165, 1.54) is 66.6 Å². The predicted molar refractivity (Wildman–Crippen MR) is 245 cm³/mol.